The number of esters is 1. The topological polar surface area (TPSA) is 70.8 Å². The fourth-order valence-corrected chi connectivity index (χ4v) is 1.42. The molecule has 0 atom stereocenters. The molecule has 0 amide bonds. The van der Waals surface area contributed by atoms with Crippen LogP contribution in [0.1, 0.15) is 41.0 Å². The zero-order chi connectivity index (χ0) is 13.5. The van der Waals surface area contributed by atoms with Crippen molar-refractivity contribution in [2.75, 3.05) is 19.8 Å². The number of hydrogen-bond acceptors (Lipinski definition) is 5. The van der Waals surface area contributed by atoms with Crippen LogP contribution in [0.15, 0.2) is 0 Å². The molecule has 0 aromatic rings. The molecule has 5 heteroatoms. The van der Waals surface area contributed by atoms with Gasteiger partial charge in [0.05, 0.1) is 0 Å². The number of nitrogens with two attached hydrogens (primary N) is 1. The van der Waals surface area contributed by atoms with Gasteiger partial charge in [-0.15, -0.1) is 0 Å². The van der Waals surface area contributed by atoms with Crippen molar-refractivity contribution in [3.8, 4) is 0 Å². The van der Waals surface area contributed by atoms with Crippen LogP contribution in [-0.4, -0.2) is 37.1 Å². The van der Waals surface area contributed by atoms with Crippen molar-refractivity contribution in [2.45, 2.75) is 52.4 Å². The van der Waals surface area contributed by atoms with Gasteiger partial charge in [0.1, 0.15) is 5.60 Å². The standard InChI is InChI=1S/C12H25NO4/c1-6-15-12(8-9-13,16-7-2)10(14)17-11(3,4)5/h6-9,13H2,1-5H3. The minimum absolute atomic E-state index is 0.281. The number of carbonyl (C=O) groups is 1. The van der Waals surface area contributed by atoms with Gasteiger partial charge in [-0.05, 0) is 41.2 Å². The minimum atomic E-state index is -1.37. The highest BCUT2D eigenvalue weighted by atomic mass is 16.7. The van der Waals surface area contributed by atoms with Gasteiger partial charge in [0.2, 0.25) is 0 Å². The van der Waals surface area contributed by atoms with Crippen molar-refractivity contribution in [2.24, 2.45) is 5.73 Å². The molecular formula is C12H25NO4. The Balaban J connectivity index is 4.91. The van der Waals surface area contributed by atoms with Crippen molar-refractivity contribution < 1.29 is 19.0 Å². The van der Waals surface area contributed by atoms with Crippen LogP contribution in [0.3, 0.4) is 0 Å². The molecule has 0 aliphatic heterocycles. The summed E-state index contributed by atoms with van der Waals surface area (Å²) in [5.41, 5.74) is 4.93. The normalized spacial score (nSPS) is 12.6. The predicted octanol–water partition coefficient (Wildman–Crippen LogP) is 1.45. The van der Waals surface area contributed by atoms with Crippen LogP contribution in [0, 0.1) is 0 Å². The second-order valence-corrected chi connectivity index (χ2v) is 4.66. The third-order valence-electron chi connectivity index (χ3n) is 1.94. The highest BCUT2D eigenvalue weighted by Crippen LogP contribution is 2.23. The molecule has 0 saturated heterocycles. The fraction of sp³-hybridized carbons (Fsp3) is 0.917. The molecule has 0 unspecified atom stereocenters. The Hall–Kier alpha value is -0.650. The lowest BCUT2D eigenvalue weighted by Gasteiger charge is -2.33. The van der Waals surface area contributed by atoms with Crippen LogP contribution in [0.4, 0.5) is 0 Å². The third-order valence-corrected chi connectivity index (χ3v) is 1.94. The van der Waals surface area contributed by atoms with Crippen LogP contribution in [0.5, 0.6) is 0 Å². The second kappa shape index (κ2) is 6.93. The van der Waals surface area contributed by atoms with E-state index in [2.05, 4.69) is 0 Å². The second-order valence-electron chi connectivity index (χ2n) is 4.66. The summed E-state index contributed by atoms with van der Waals surface area (Å²) in [4.78, 5) is 12.1. The summed E-state index contributed by atoms with van der Waals surface area (Å²) in [6.45, 7) is 10.0. The van der Waals surface area contributed by atoms with E-state index in [-0.39, 0.29) is 6.42 Å². The lowest BCUT2D eigenvalue weighted by atomic mass is 10.1. The first-order valence-electron chi connectivity index (χ1n) is 6.02. The number of ether oxygens (including phenoxy) is 3. The van der Waals surface area contributed by atoms with Crippen molar-refractivity contribution in [3.05, 3.63) is 0 Å². The Morgan fingerprint density at radius 3 is 1.88 bits per heavy atom. The summed E-state index contributed by atoms with van der Waals surface area (Å²) in [5.74, 6) is -1.88. The first-order valence-corrected chi connectivity index (χ1v) is 6.02. The molecule has 0 aromatic heterocycles. The summed E-state index contributed by atoms with van der Waals surface area (Å²) in [5, 5.41) is 0. The summed E-state index contributed by atoms with van der Waals surface area (Å²) in [6.07, 6.45) is 0.281. The molecule has 0 aliphatic carbocycles. The molecule has 0 radical (unpaired) electrons. The molecule has 5 nitrogen and oxygen atoms in total. The molecule has 0 fully saturated rings. The van der Waals surface area contributed by atoms with E-state index >= 15 is 0 Å². The summed E-state index contributed by atoms with van der Waals surface area (Å²) in [6, 6.07) is 0. The average molecular weight is 247 g/mol. The van der Waals surface area contributed by atoms with Gasteiger partial charge in [-0.25, -0.2) is 4.79 Å². The van der Waals surface area contributed by atoms with Crippen molar-refractivity contribution in [1.82, 2.24) is 0 Å². The molecule has 0 heterocycles. The van der Waals surface area contributed by atoms with E-state index in [1.165, 1.54) is 0 Å². The van der Waals surface area contributed by atoms with Crippen molar-refractivity contribution in [1.29, 1.82) is 0 Å². The van der Waals surface area contributed by atoms with Crippen molar-refractivity contribution in [3.63, 3.8) is 0 Å². The predicted molar refractivity (Wildman–Crippen MR) is 65.5 cm³/mol. The van der Waals surface area contributed by atoms with E-state index in [0.717, 1.165) is 0 Å². The SMILES string of the molecule is CCOC(CCN)(OCC)C(=O)OC(C)(C)C. The minimum Gasteiger partial charge on any atom is -0.456 e. The van der Waals surface area contributed by atoms with Gasteiger partial charge in [0.25, 0.3) is 5.79 Å². The maximum Gasteiger partial charge on any atom is 0.367 e. The molecular weight excluding hydrogens is 222 g/mol. The lowest BCUT2D eigenvalue weighted by Crippen LogP contribution is -2.49. The average Bonchev–Trinajstić information content (AvgIpc) is 2.16. The molecule has 0 saturated carbocycles. The number of hydrogen-bond donors (Lipinski definition) is 1. The monoisotopic (exact) mass is 247 g/mol. The van der Waals surface area contributed by atoms with E-state index in [9.17, 15) is 4.79 Å². The van der Waals surface area contributed by atoms with Crippen LogP contribution in [-0.2, 0) is 19.0 Å². The van der Waals surface area contributed by atoms with Crippen molar-refractivity contribution >= 4 is 5.97 Å². The van der Waals surface area contributed by atoms with E-state index < -0.39 is 17.4 Å². The van der Waals surface area contributed by atoms with Gasteiger partial charge in [0, 0.05) is 19.6 Å². The maximum atomic E-state index is 12.1. The first-order chi connectivity index (χ1) is 7.81. The highest BCUT2D eigenvalue weighted by Gasteiger charge is 2.43. The van der Waals surface area contributed by atoms with Crippen LogP contribution in [0.2, 0.25) is 0 Å². The third kappa shape index (κ3) is 5.48. The van der Waals surface area contributed by atoms with E-state index in [0.29, 0.717) is 19.8 Å². The Bertz CT molecular complexity index is 218. The molecule has 0 bridgehead atoms. The fourth-order valence-electron chi connectivity index (χ4n) is 1.42. The van der Waals surface area contributed by atoms with Crippen LogP contribution in [0.25, 0.3) is 0 Å². The number of rotatable bonds is 7. The number of carbonyl (C=O) groups excluding carboxylic acids is 1. The first kappa shape index (κ1) is 16.4. The smallest absolute Gasteiger partial charge is 0.367 e. The van der Waals surface area contributed by atoms with Gasteiger partial charge in [0.15, 0.2) is 0 Å². The van der Waals surface area contributed by atoms with Gasteiger partial charge in [-0.3, -0.25) is 0 Å². The molecule has 2 N–H and O–H groups in total. The maximum absolute atomic E-state index is 12.1. The zero-order valence-electron chi connectivity index (χ0n) is 11.5. The highest BCUT2D eigenvalue weighted by molar-refractivity contribution is 5.78. The Kier molecular flexibility index (Phi) is 6.67. The molecule has 0 rings (SSSR count). The molecule has 102 valence electrons. The van der Waals surface area contributed by atoms with E-state index in [1.54, 1.807) is 34.6 Å². The molecule has 0 spiro atoms. The Labute approximate surface area is 104 Å². The Morgan fingerprint density at radius 2 is 1.59 bits per heavy atom. The van der Waals surface area contributed by atoms with Gasteiger partial charge >= 0.3 is 5.97 Å². The van der Waals surface area contributed by atoms with E-state index in [4.69, 9.17) is 19.9 Å². The summed E-state index contributed by atoms with van der Waals surface area (Å²) in [7, 11) is 0. The largest absolute Gasteiger partial charge is 0.456 e. The van der Waals surface area contributed by atoms with E-state index in [1.807, 2.05) is 0 Å². The molecule has 17 heavy (non-hydrogen) atoms. The van der Waals surface area contributed by atoms with Gasteiger partial charge in [-0.2, -0.15) is 0 Å². The lowest BCUT2D eigenvalue weighted by molar-refractivity contribution is -0.254. The summed E-state index contributed by atoms with van der Waals surface area (Å²) >= 11 is 0. The van der Waals surface area contributed by atoms with Gasteiger partial charge < -0.3 is 19.9 Å². The molecule has 0 aliphatic rings. The zero-order valence-corrected chi connectivity index (χ0v) is 11.5. The summed E-state index contributed by atoms with van der Waals surface area (Å²) < 4.78 is 16.2. The molecule has 0 aromatic carbocycles. The quantitative estimate of drug-likeness (QED) is 0.544. The van der Waals surface area contributed by atoms with Gasteiger partial charge in [-0.1, -0.05) is 0 Å². The Morgan fingerprint density at radius 1 is 1.12 bits per heavy atom. The van der Waals surface area contributed by atoms with Crippen LogP contribution >= 0.6 is 0 Å². The van der Waals surface area contributed by atoms with Crippen LogP contribution < -0.4 is 5.73 Å².